The van der Waals surface area contributed by atoms with E-state index < -0.39 is 5.60 Å². The molecule has 6 nitrogen and oxygen atoms in total. The molecule has 5 N–H and O–H groups in total. The lowest BCUT2D eigenvalue weighted by Crippen LogP contribution is -2.48. The van der Waals surface area contributed by atoms with Gasteiger partial charge in [0.05, 0.1) is 18.7 Å². The van der Waals surface area contributed by atoms with E-state index in [0.717, 1.165) is 12.8 Å². The molecule has 1 aliphatic rings. The van der Waals surface area contributed by atoms with E-state index in [-0.39, 0.29) is 36.9 Å². The van der Waals surface area contributed by atoms with Crippen molar-refractivity contribution in [2.75, 3.05) is 19.6 Å². The van der Waals surface area contributed by atoms with Crippen molar-refractivity contribution in [3.05, 3.63) is 0 Å². The second kappa shape index (κ2) is 6.34. The van der Waals surface area contributed by atoms with Gasteiger partial charge in [-0.25, -0.2) is 0 Å². The number of nitrogens with one attached hydrogen (secondary N) is 2. The number of carbonyl (C=O) groups is 2. The lowest BCUT2D eigenvalue weighted by Gasteiger charge is -2.40. The minimum atomic E-state index is -0.816. The van der Waals surface area contributed by atoms with Crippen LogP contribution in [0.2, 0.25) is 0 Å². The molecule has 0 heterocycles. The molecule has 1 rings (SSSR count). The monoisotopic (exact) mass is 271 g/mol. The molecule has 0 radical (unpaired) electrons. The molecule has 0 aliphatic heterocycles. The van der Waals surface area contributed by atoms with Crippen LogP contribution in [0.25, 0.3) is 0 Å². The van der Waals surface area contributed by atoms with Gasteiger partial charge in [-0.3, -0.25) is 9.59 Å². The quantitative estimate of drug-likeness (QED) is 0.541. The second-order valence-electron chi connectivity index (χ2n) is 6.15. The average Bonchev–Trinajstić information content (AvgIpc) is 2.38. The number of amides is 2. The highest BCUT2D eigenvalue weighted by Gasteiger charge is 2.36. The standard InChI is InChI=1S/C13H25N3O3/c1-12(2)3-5-13(19,6-4-12)9-16-11(18)8-15-10(17)7-14/h19H,3-9,14H2,1-2H3,(H,15,17)(H,16,18). The van der Waals surface area contributed by atoms with E-state index in [1.807, 2.05) is 0 Å². The molecule has 0 aromatic heterocycles. The maximum absolute atomic E-state index is 11.5. The molecule has 0 bridgehead atoms. The summed E-state index contributed by atoms with van der Waals surface area (Å²) in [6, 6.07) is 0. The number of rotatable bonds is 5. The normalized spacial score (nSPS) is 20.6. The molecule has 1 fully saturated rings. The summed E-state index contributed by atoms with van der Waals surface area (Å²) in [6.07, 6.45) is 3.28. The fraction of sp³-hybridized carbons (Fsp3) is 0.846. The van der Waals surface area contributed by atoms with Gasteiger partial charge in [0, 0.05) is 6.54 Å². The number of aliphatic hydroxyl groups is 1. The summed E-state index contributed by atoms with van der Waals surface area (Å²) in [5.41, 5.74) is 4.56. The van der Waals surface area contributed by atoms with Crippen LogP contribution >= 0.6 is 0 Å². The molecular formula is C13H25N3O3. The van der Waals surface area contributed by atoms with Crippen molar-refractivity contribution in [2.45, 2.75) is 45.1 Å². The van der Waals surface area contributed by atoms with Crippen LogP contribution in [-0.2, 0) is 9.59 Å². The first-order valence-corrected chi connectivity index (χ1v) is 6.72. The Morgan fingerprint density at radius 1 is 1.11 bits per heavy atom. The third-order valence-electron chi connectivity index (χ3n) is 3.78. The van der Waals surface area contributed by atoms with Crippen molar-refractivity contribution in [3.63, 3.8) is 0 Å². The summed E-state index contributed by atoms with van der Waals surface area (Å²) in [5, 5.41) is 15.4. The van der Waals surface area contributed by atoms with Crippen molar-refractivity contribution in [1.29, 1.82) is 0 Å². The Kier molecular flexibility index (Phi) is 5.31. The topological polar surface area (TPSA) is 104 Å². The third-order valence-corrected chi connectivity index (χ3v) is 3.78. The molecule has 0 aromatic rings. The number of hydrogen-bond donors (Lipinski definition) is 4. The number of hydrogen-bond acceptors (Lipinski definition) is 4. The van der Waals surface area contributed by atoms with E-state index in [1.54, 1.807) is 0 Å². The molecule has 19 heavy (non-hydrogen) atoms. The van der Waals surface area contributed by atoms with Gasteiger partial charge in [-0.15, -0.1) is 0 Å². The van der Waals surface area contributed by atoms with E-state index in [9.17, 15) is 14.7 Å². The molecule has 6 heteroatoms. The van der Waals surface area contributed by atoms with Gasteiger partial charge in [-0.2, -0.15) is 0 Å². The minimum Gasteiger partial charge on any atom is -0.388 e. The fourth-order valence-electron chi connectivity index (χ4n) is 2.15. The van der Waals surface area contributed by atoms with Gasteiger partial charge in [-0.1, -0.05) is 13.8 Å². The van der Waals surface area contributed by atoms with Crippen LogP contribution in [0, 0.1) is 5.41 Å². The summed E-state index contributed by atoms with van der Waals surface area (Å²) in [4.78, 5) is 22.4. The zero-order valence-electron chi connectivity index (χ0n) is 11.8. The van der Waals surface area contributed by atoms with Gasteiger partial charge < -0.3 is 21.5 Å². The van der Waals surface area contributed by atoms with Crippen molar-refractivity contribution in [3.8, 4) is 0 Å². The van der Waals surface area contributed by atoms with E-state index in [4.69, 9.17) is 5.73 Å². The SMILES string of the molecule is CC1(C)CCC(O)(CNC(=O)CNC(=O)CN)CC1. The Balaban J connectivity index is 2.28. The van der Waals surface area contributed by atoms with Crippen molar-refractivity contribution >= 4 is 11.8 Å². The average molecular weight is 271 g/mol. The van der Waals surface area contributed by atoms with Gasteiger partial charge >= 0.3 is 0 Å². The Morgan fingerprint density at radius 3 is 2.21 bits per heavy atom. The zero-order valence-corrected chi connectivity index (χ0v) is 11.8. The Hall–Kier alpha value is -1.14. The van der Waals surface area contributed by atoms with Gasteiger partial charge in [0.15, 0.2) is 0 Å². The molecule has 0 saturated heterocycles. The maximum Gasteiger partial charge on any atom is 0.239 e. The van der Waals surface area contributed by atoms with Crippen LogP contribution in [0.15, 0.2) is 0 Å². The molecule has 1 aliphatic carbocycles. The van der Waals surface area contributed by atoms with Crippen molar-refractivity contribution < 1.29 is 14.7 Å². The maximum atomic E-state index is 11.5. The highest BCUT2D eigenvalue weighted by molar-refractivity contribution is 5.85. The van der Waals surface area contributed by atoms with Crippen LogP contribution in [0.1, 0.15) is 39.5 Å². The lowest BCUT2D eigenvalue weighted by atomic mass is 9.71. The van der Waals surface area contributed by atoms with E-state index in [0.29, 0.717) is 12.8 Å². The van der Waals surface area contributed by atoms with E-state index in [2.05, 4.69) is 24.5 Å². The van der Waals surface area contributed by atoms with E-state index in [1.165, 1.54) is 0 Å². The molecule has 2 amide bonds. The smallest absolute Gasteiger partial charge is 0.239 e. The first-order chi connectivity index (χ1) is 8.76. The minimum absolute atomic E-state index is 0.0996. The van der Waals surface area contributed by atoms with Gasteiger partial charge in [0.1, 0.15) is 0 Å². The van der Waals surface area contributed by atoms with Crippen LogP contribution in [-0.4, -0.2) is 42.2 Å². The predicted octanol–water partition coefficient (Wildman–Crippen LogP) is -0.491. The second-order valence-corrected chi connectivity index (χ2v) is 6.15. The molecule has 0 unspecified atom stereocenters. The summed E-state index contributed by atoms with van der Waals surface area (Å²) in [7, 11) is 0. The highest BCUT2D eigenvalue weighted by atomic mass is 16.3. The lowest BCUT2D eigenvalue weighted by molar-refractivity contribution is -0.126. The van der Waals surface area contributed by atoms with Gasteiger partial charge in [-0.05, 0) is 31.1 Å². The fourth-order valence-corrected chi connectivity index (χ4v) is 2.15. The van der Waals surface area contributed by atoms with Crippen molar-refractivity contribution in [2.24, 2.45) is 11.1 Å². The largest absolute Gasteiger partial charge is 0.388 e. The van der Waals surface area contributed by atoms with Gasteiger partial charge in [0.2, 0.25) is 11.8 Å². The van der Waals surface area contributed by atoms with Crippen LogP contribution in [0.4, 0.5) is 0 Å². The van der Waals surface area contributed by atoms with Crippen LogP contribution in [0.5, 0.6) is 0 Å². The van der Waals surface area contributed by atoms with Crippen molar-refractivity contribution in [1.82, 2.24) is 10.6 Å². The van der Waals surface area contributed by atoms with Gasteiger partial charge in [0.25, 0.3) is 0 Å². The summed E-state index contributed by atoms with van der Waals surface area (Å²) < 4.78 is 0. The first-order valence-electron chi connectivity index (χ1n) is 6.72. The predicted molar refractivity (Wildman–Crippen MR) is 72.3 cm³/mol. The number of carbonyl (C=O) groups excluding carboxylic acids is 2. The summed E-state index contributed by atoms with van der Waals surface area (Å²) >= 11 is 0. The molecule has 110 valence electrons. The zero-order chi connectivity index (χ0) is 14.5. The summed E-state index contributed by atoms with van der Waals surface area (Å²) in [6.45, 7) is 4.38. The van der Waals surface area contributed by atoms with Crippen LogP contribution < -0.4 is 16.4 Å². The third kappa shape index (κ3) is 5.57. The van der Waals surface area contributed by atoms with E-state index >= 15 is 0 Å². The Bertz CT molecular complexity index is 332. The van der Waals surface area contributed by atoms with Crippen LogP contribution in [0.3, 0.4) is 0 Å². The molecule has 0 aromatic carbocycles. The molecule has 0 atom stereocenters. The summed E-state index contributed by atoms with van der Waals surface area (Å²) in [5.74, 6) is -0.673. The number of nitrogens with two attached hydrogens (primary N) is 1. The molecule has 0 spiro atoms. The highest BCUT2D eigenvalue weighted by Crippen LogP contribution is 2.39. The Morgan fingerprint density at radius 2 is 1.68 bits per heavy atom. The first kappa shape index (κ1) is 15.9. The molecule has 1 saturated carbocycles. The Labute approximate surface area is 114 Å². The molecular weight excluding hydrogens is 246 g/mol.